The van der Waals surface area contributed by atoms with E-state index in [-0.39, 0.29) is 0 Å². The molecule has 1 aromatic carbocycles. The van der Waals surface area contributed by atoms with E-state index in [9.17, 15) is 0 Å². The molecule has 1 heterocycles. The van der Waals surface area contributed by atoms with Crippen molar-refractivity contribution in [3.63, 3.8) is 0 Å². The van der Waals surface area contributed by atoms with Crippen LogP contribution in [0.2, 0.25) is 0 Å². The van der Waals surface area contributed by atoms with Crippen molar-refractivity contribution in [3.8, 4) is 11.1 Å². The fourth-order valence-corrected chi connectivity index (χ4v) is 2.09. The molecule has 0 saturated heterocycles. The van der Waals surface area contributed by atoms with Crippen LogP contribution >= 0.6 is 0 Å². The molecule has 2 heteroatoms. The van der Waals surface area contributed by atoms with E-state index in [0.717, 1.165) is 23.1 Å². The standard InChI is InChI=1S/C16H19N2/c1-12-7-13(8-16(2,3)4)5-6-15(12)14-9-17-11-18-10-14/h5-7,9-11H,1,8H2,2-4H3. The predicted molar refractivity (Wildman–Crippen MR) is 75.1 cm³/mol. The van der Waals surface area contributed by atoms with Crippen molar-refractivity contribution in [3.05, 3.63) is 55.0 Å². The number of nitrogens with zero attached hydrogens (tertiary/aromatic N) is 2. The summed E-state index contributed by atoms with van der Waals surface area (Å²) < 4.78 is 0. The molecule has 1 radical (unpaired) electrons. The van der Waals surface area contributed by atoms with Crippen LogP contribution in [0.5, 0.6) is 0 Å². The molecule has 0 bridgehead atoms. The quantitative estimate of drug-likeness (QED) is 0.794. The molecular weight excluding hydrogens is 220 g/mol. The second-order valence-electron chi connectivity index (χ2n) is 5.86. The van der Waals surface area contributed by atoms with Crippen LogP contribution in [0.25, 0.3) is 11.1 Å². The van der Waals surface area contributed by atoms with Gasteiger partial charge in [-0.05, 0) is 35.4 Å². The van der Waals surface area contributed by atoms with Gasteiger partial charge >= 0.3 is 0 Å². The van der Waals surface area contributed by atoms with Gasteiger partial charge in [-0.25, -0.2) is 9.97 Å². The van der Waals surface area contributed by atoms with Crippen molar-refractivity contribution in [1.29, 1.82) is 0 Å². The third kappa shape index (κ3) is 3.16. The summed E-state index contributed by atoms with van der Waals surface area (Å²) in [5.74, 6) is 0. The summed E-state index contributed by atoms with van der Waals surface area (Å²) >= 11 is 0. The summed E-state index contributed by atoms with van der Waals surface area (Å²) in [5, 5.41) is 0. The second kappa shape index (κ2) is 4.89. The number of hydrogen-bond donors (Lipinski definition) is 0. The van der Waals surface area contributed by atoms with Gasteiger partial charge in [-0.1, -0.05) is 39.0 Å². The van der Waals surface area contributed by atoms with Crippen LogP contribution in [0.3, 0.4) is 0 Å². The number of benzene rings is 1. The summed E-state index contributed by atoms with van der Waals surface area (Å²) in [6.07, 6.45) is 6.24. The Labute approximate surface area is 109 Å². The zero-order valence-electron chi connectivity index (χ0n) is 11.3. The monoisotopic (exact) mass is 239 g/mol. The molecule has 0 aliphatic rings. The van der Waals surface area contributed by atoms with Gasteiger partial charge in [-0.3, -0.25) is 0 Å². The minimum absolute atomic E-state index is 0.295. The van der Waals surface area contributed by atoms with Crippen LogP contribution in [0.15, 0.2) is 36.9 Å². The molecule has 0 saturated carbocycles. The molecule has 0 unspecified atom stereocenters. The van der Waals surface area contributed by atoms with Crippen molar-refractivity contribution in [2.45, 2.75) is 27.2 Å². The lowest BCUT2D eigenvalue weighted by atomic mass is 9.87. The van der Waals surface area contributed by atoms with Gasteiger partial charge in [0.15, 0.2) is 0 Å². The molecule has 0 N–H and O–H groups in total. The van der Waals surface area contributed by atoms with E-state index >= 15 is 0 Å². The van der Waals surface area contributed by atoms with Crippen LogP contribution in [0.4, 0.5) is 0 Å². The Balaban J connectivity index is 2.32. The first-order chi connectivity index (χ1) is 8.46. The summed E-state index contributed by atoms with van der Waals surface area (Å²) in [6.45, 7) is 10.9. The van der Waals surface area contributed by atoms with Gasteiger partial charge < -0.3 is 0 Å². The van der Waals surface area contributed by atoms with E-state index < -0.39 is 0 Å². The highest BCUT2D eigenvalue weighted by atomic mass is 14.8. The van der Waals surface area contributed by atoms with E-state index in [1.807, 2.05) is 12.4 Å². The van der Waals surface area contributed by atoms with Crippen LogP contribution in [0.1, 0.15) is 31.9 Å². The molecule has 0 aliphatic carbocycles. The van der Waals surface area contributed by atoms with Crippen molar-refractivity contribution < 1.29 is 0 Å². The fraction of sp³-hybridized carbons (Fsp3) is 0.312. The Hall–Kier alpha value is -1.70. The molecule has 0 spiro atoms. The predicted octanol–water partition coefficient (Wildman–Crippen LogP) is 3.91. The second-order valence-corrected chi connectivity index (χ2v) is 5.86. The summed E-state index contributed by atoms with van der Waals surface area (Å²) in [7, 11) is 0. The van der Waals surface area contributed by atoms with Crippen LogP contribution in [0, 0.1) is 12.3 Å². The lowest BCUT2D eigenvalue weighted by molar-refractivity contribution is 0.411. The number of aromatic nitrogens is 2. The smallest absolute Gasteiger partial charge is 0.115 e. The minimum Gasteiger partial charge on any atom is -0.244 e. The first-order valence-electron chi connectivity index (χ1n) is 6.16. The lowest BCUT2D eigenvalue weighted by Gasteiger charge is -2.19. The minimum atomic E-state index is 0.295. The Morgan fingerprint density at radius 3 is 2.33 bits per heavy atom. The Morgan fingerprint density at radius 1 is 1.11 bits per heavy atom. The lowest BCUT2D eigenvalue weighted by Crippen LogP contribution is -2.09. The maximum absolute atomic E-state index is 4.13. The van der Waals surface area contributed by atoms with Crippen LogP contribution in [-0.2, 0) is 6.42 Å². The average molecular weight is 239 g/mol. The number of rotatable bonds is 2. The van der Waals surface area contributed by atoms with Gasteiger partial charge in [0.2, 0.25) is 0 Å². The fourth-order valence-electron chi connectivity index (χ4n) is 2.09. The SMILES string of the molecule is [CH2]c1cc(CC(C)(C)C)ccc1-c1cncnc1. The average Bonchev–Trinajstić information content (AvgIpc) is 2.28. The van der Waals surface area contributed by atoms with E-state index in [0.29, 0.717) is 5.41 Å². The summed E-state index contributed by atoms with van der Waals surface area (Å²) in [4.78, 5) is 8.09. The first kappa shape index (κ1) is 12.7. The van der Waals surface area contributed by atoms with Crippen molar-refractivity contribution >= 4 is 0 Å². The summed E-state index contributed by atoms with van der Waals surface area (Å²) in [5.41, 5.74) is 4.78. The highest BCUT2D eigenvalue weighted by molar-refractivity contribution is 5.67. The highest BCUT2D eigenvalue weighted by Gasteiger charge is 2.12. The largest absolute Gasteiger partial charge is 0.244 e. The molecule has 0 atom stereocenters. The molecule has 93 valence electrons. The summed E-state index contributed by atoms with van der Waals surface area (Å²) in [6, 6.07) is 6.44. The molecule has 0 fully saturated rings. The van der Waals surface area contributed by atoms with Gasteiger partial charge in [0, 0.05) is 18.0 Å². The third-order valence-corrected chi connectivity index (χ3v) is 2.78. The molecule has 2 nitrogen and oxygen atoms in total. The molecule has 0 amide bonds. The van der Waals surface area contributed by atoms with Gasteiger partial charge in [-0.2, -0.15) is 0 Å². The molecule has 2 rings (SSSR count). The van der Waals surface area contributed by atoms with E-state index in [2.05, 4.69) is 55.9 Å². The Morgan fingerprint density at radius 2 is 1.78 bits per heavy atom. The zero-order chi connectivity index (χ0) is 13.2. The number of hydrogen-bond acceptors (Lipinski definition) is 2. The molecule has 18 heavy (non-hydrogen) atoms. The molecular formula is C16H19N2. The molecule has 2 aromatic rings. The Kier molecular flexibility index (Phi) is 3.46. The van der Waals surface area contributed by atoms with Crippen LogP contribution in [-0.4, -0.2) is 9.97 Å². The van der Waals surface area contributed by atoms with Gasteiger partial charge in [0.1, 0.15) is 6.33 Å². The van der Waals surface area contributed by atoms with E-state index in [1.54, 1.807) is 6.33 Å². The third-order valence-electron chi connectivity index (χ3n) is 2.78. The van der Waals surface area contributed by atoms with Crippen molar-refractivity contribution in [1.82, 2.24) is 9.97 Å². The highest BCUT2D eigenvalue weighted by Crippen LogP contribution is 2.26. The van der Waals surface area contributed by atoms with Crippen molar-refractivity contribution in [2.75, 3.05) is 0 Å². The van der Waals surface area contributed by atoms with Gasteiger partial charge in [0.05, 0.1) is 0 Å². The normalized spacial score (nSPS) is 11.6. The maximum Gasteiger partial charge on any atom is 0.115 e. The van der Waals surface area contributed by atoms with Crippen LogP contribution < -0.4 is 0 Å². The van der Waals surface area contributed by atoms with E-state index in [1.165, 1.54) is 5.56 Å². The topological polar surface area (TPSA) is 25.8 Å². The van der Waals surface area contributed by atoms with Crippen molar-refractivity contribution in [2.24, 2.45) is 5.41 Å². The van der Waals surface area contributed by atoms with Gasteiger partial charge in [-0.15, -0.1) is 0 Å². The Bertz CT molecular complexity index is 525. The van der Waals surface area contributed by atoms with Gasteiger partial charge in [0.25, 0.3) is 0 Å². The molecule has 1 aromatic heterocycles. The first-order valence-corrected chi connectivity index (χ1v) is 6.16. The maximum atomic E-state index is 4.13. The van der Waals surface area contributed by atoms with E-state index in [4.69, 9.17) is 0 Å². The zero-order valence-corrected chi connectivity index (χ0v) is 11.3. The molecule has 0 aliphatic heterocycles.